The molecule has 2 aromatic rings. The van der Waals surface area contributed by atoms with Gasteiger partial charge in [0.25, 0.3) is 10.0 Å². The molecular weight excluding hydrogens is 428 g/mol. The van der Waals surface area contributed by atoms with Gasteiger partial charge in [0.2, 0.25) is 5.09 Å². The van der Waals surface area contributed by atoms with Crippen molar-refractivity contribution in [3.63, 3.8) is 0 Å². The summed E-state index contributed by atoms with van der Waals surface area (Å²) in [5.41, 5.74) is 5.01. The number of benzene rings is 1. The summed E-state index contributed by atoms with van der Waals surface area (Å²) < 4.78 is 33.9. The second-order valence-electron chi connectivity index (χ2n) is 9.99. The number of carbonyl (C=O) groups excluding carboxylic acids is 1. The van der Waals surface area contributed by atoms with Gasteiger partial charge in [0.1, 0.15) is 5.76 Å². The number of nitrogens with one attached hydrogen (secondary N) is 2. The topological polar surface area (TPSA) is 109 Å². The molecule has 1 saturated carbocycles. The highest BCUT2D eigenvalue weighted by Crippen LogP contribution is 2.55. The maximum Gasteiger partial charge on any atom is 0.333 e. The van der Waals surface area contributed by atoms with E-state index in [-0.39, 0.29) is 16.9 Å². The standard InChI is InChI=1S/C24H28N2O5S/c1-24(28)16-9-8-15(11-16)22-19(24)12-20(31-22)32(29,30)26-23(27)25-21-17-6-2-4-13(17)10-14-5-3-7-18(14)21/h10,12,15-16,28H,2-9,11H2,1H3,(H2,25,26,27)/t15-,16+,24-/m0/s1. The largest absolute Gasteiger partial charge is 0.447 e. The fourth-order valence-electron chi connectivity index (χ4n) is 6.44. The minimum atomic E-state index is -4.21. The van der Waals surface area contributed by atoms with Crippen LogP contribution in [0.5, 0.6) is 0 Å². The number of furan rings is 1. The molecule has 0 saturated heterocycles. The smallest absolute Gasteiger partial charge is 0.333 e. The van der Waals surface area contributed by atoms with Gasteiger partial charge in [0.15, 0.2) is 0 Å². The molecule has 7 nitrogen and oxygen atoms in total. The first-order valence-electron chi connectivity index (χ1n) is 11.6. The van der Waals surface area contributed by atoms with Crippen molar-refractivity contribution < 1.29 is 22.7 Å². The zero-order valence-corrected chi connectivity index (χ0v) is 19.0. The summed E-state index contributed by atoms with van der Waals surface area (Å²) in [6, 6.07) is 2.88. The third-order valence-corrected chi connectivity index (χ3v) is 9.27. The number of aryl methyl sites for hydroxylation is 2. The first-order valence-corrected chi connectivity index (χ1v) is 13.1. The molecule has 0 radical (unpaired) electrons. The average molecular weight is 457 g/mol. The van der Waals surface area contributed by atoms with Gasteiger partial charge in [0.05, 0.1) is 5.60 Å². The highest BCUT2D eigenvalue weighted by atomic mass is 32.2. The van der Waals surface area contributed by atoms with E-state index in [1.807, 2.05) is 0 Å². The van der Waals surface area contributed by atoms with Gasteiger partial charge in [-0.25, -0.2) is 9.52 Å². The van der Waals surface area contributed by atoms with Crippen LogP contribution in [-0.4, -0.2) is 19.6 Å². The fraction of sp³-hybridized carbons (Fsp3) is 0.542. The predicted molar refractivity (Wildman–Crippen MR) is 118 cm³/mol. The SMILES string of the molecule is C[C@@]1(O)c2cc(S(=O)(=O)NC(=O)Nc3c4c(cc5c3CCC5)CCC4)oc2[C@H]2CC[C@@H]1C2. The first kappa shape index (κ1) is 20.3. The summed E-state index contributed by atoms with van der Waals surface area (Å²) in [4.78, 5) is 12.8. The average Bonchev–Trinajstić information content (AvgIpc) is 3.50. The summed E-state index contributed by atoms with van der Waals surface area (Å²) in [6.45, 7) is 1.72. The number of rotatable bonds is 3. The molecule has 8 heteroatoms. The van der Waals surface area contributed by atoms with Crippen molar-refractivity contribution in [1.29, 1.82) is 0 Å². The summed E-state index contributed by atoms with van der Waals surface area (Å²) in [6.07, 6.45) is 8.45. The molecule has 4 aliphatic rings. The quantitative estimate of drug-likeness (QED) is 0.650. The highest BCUT2D eigenvalue weighted by Gasteiger charge is 2.49. The van der Waals surface area contributed by atoms with Crippen molar-refractivity contribution in [2.75, 3.05) is 5.32 Å². The van der Waals surface area contributed by atoms with E-state index < -0.39 is 21.7 Å². The van der Waals surface area contributed by atoms with Crippen molar-refractivity contribution in [3.8, 4) is 0 Å². The van der Waals surface area contributed by atoms with Gasteiger partial charge >= 0.3 is 6.03 Å². The van der Waals surface area contributed by atoms with Gasteiger partial charge in [-0.15, -0.1) is 0 Å². The number of fused-ring (bicyclic) bond motifs is 6. The van der Waals surface area contributed by atoms with Crippen LogP contribution >= 0.6 is 0 Å². The molecule has 2 bridgehead atoms. The maximum atomic E-state index is 13.0. The van der Waals surface area contributed by atoms with E-state index in [0.717, 1.165) is 74.6 Å². The lowest BCUT2D eigenvalue weighted by Crippen LogP contribution is -2.35. The van der Waals surface area contributed by atoms with E-state index in [9.17, 15) is 18.3 Å². The Morgan fingerprint density at radius 3 is 2.47 bits per heavy atom. The number of hydrogen-bond donors (Lipinski definition) is 3. The summed E-state index contributed by atoms with van der Waals surface area (Å²) in [5.74, 6) is 0.775. The van der Waals surface area contributed by atoms with Gasteiger partial charge in [-0.05, 0) is 92.9 Å². The van der Waals surface area contributed by atoms with Crippen molar-refractivity contribution in [3.05, 3.63) is 45.7 Å². The molecule has 2 amide bonds. The van der Waals surface area contributed by atoms with Crippen LogP contribution in [0.4, 0.5) is 10.5 Å². The van der Waals surface area contributed by atoms with E-state index in [2.05, 4.69) is 16.1 Å². The molecule has 1 fully saturated rings. The Morgan fingerprint density at radius 2 is 1.78 bits per heavy atom. The normalized spacial score (nSPS) is 27.7. The Kier molecular flexibility index (Phi) is 4.34. The Bertz CT molecular complexity index is 1210. The zero-order chi connectivity index (χ0) is 22.3. The minimum absolute atomic E-state index is 0.103. The van der Waals surface area contributed by atoms with Crippen molar-refractivity contribution in [1.82, 2.24) is 4.72 Å². The molecule has 1 aromatic heterocycles. The van der Waals surface area contributed by atoms with Gasteiger partial charge < -0.3 is 14.8 Å². The van der Waals surface area contributed by atoms with E-state index in [0.29, 0.717) is 11.3 Å². The van der Waals surface area contributed by atoms with Crippen molar-refractivity contribution >= 4 is 21.7 Å². The number of sulfonamides is 1. The molecule has 170 valence electrons. The van der Waals surface area contributed by atoms with Crippen LogP contribution in [0.2, 0.25) is 0 Å². The second-order valence-corrected chi connectivity index (χ2v) is 11.6. The van der Waals surface area contributed by atoms with Crippen molar-refractivity contribution in [2.45, 2.75) is 81.3 Å². The molecule has 1 heterocycles. The molecule has 6 rings (SSSR count). The molecule has 1 aromatic carbocycles. The lowest BCUT2D eigenvalue weighted by Gasteiger charge is -2.33. The van der Waals surface area contributed by atoms with Crippen LogP contribution in [0.25, 0.3) is 0 Å². The molecule has 4 aliphatic carbocycles. The zero-order valence-electron chi connectivity index (χ0n) is 18.2. The Balaban J connectivity index is 1.28. The molecule has 0 spiro atoms. The van der Waals surface area contributed by atoms with Gasteiger partial charge in [-0.2, -0.15) is 8.42 Å². The summed E-state index contributed by atoms with van der Waals surface area (Å²) in [7, 11) is -4.21. The summed E-state index contributed by atoms with van der Waals surface area (Å²) >= 11 is 0. The number of aliphatic hydroxyl groups is 1. The number of carbonyl (C=O) groups is 1. The Labute approximate surface area is 187 Å². The molecule has 0 unspecified atom stereocenters. The predicted octanol–water partition coefficient (Wildman–Crippen LogP) is 3.87. The Hall–Kier alpha value is -2.32. The number of amides is 2. The van der Waals surface area contributed by atoms with Gasteiger partial charge in [-0.3, -0.25) is 0 Å². The monoisotopic (exact) mass is 456 g/mol. The Morgan fingerprint density at radius 1 is 1.09 bits per heavy atom. The van der Waals surface area contributed by atoms with Crippen LogP contribution in [0.15, 0.2) is 21.6 Å². The van der Waals surface area contributed by atoms with Gasteiger partial charge in [0, 0.05) is 23.2 Å². The second kappa shape index (κ2) is 6.84. The van der Waals surface area contributed by atoms with Crippen LogP contribution < -0.4 is 10.0 Å². The highest BCUT2D eigenvalue weighted by molar-refractivity contribution is 7.89. The van der Waals surface area contributed by atoms with E-state index >= 15 is 0 Å². The van der Waals surface area contributed by atoms with E-state index in [4.69, 9.17) is 4.42 Å². The third kappa shape index (κ3) is 2.95. The first-order chi connectivity index (χ1) is 15.2. The number of anilines is 1. The molecule has 3 atom stereocenters. The molecular formula is C24H28N2O5S. The van der Waals surface area contributed by atoms with Gasteiger partial charge in [-0.1, -0.05) is 6.07 Å². The van der Waals surface area contributed by atoms with E-state index in [1.54, 1.807) is 6.92 Å². The third-order valence-electron chi connectivity index (χ3n) is 8.09. The van der Waals surface area contributed by atoms with E-state index in [1.165, 1.54) is 17.2 Å². The maximum absolute atomic E-state index is 13.0. The fourth-order valence-corrected chi connectivity index (χ4v) is 7.31. The van der Waals surface area contributed by atoms with Crippen LogP contribution in [0, 0.1) is 5.92 Å². The number of hydrogen-bond acceptors (Lipinski definition) is 5. The lowest BCUT2D eigenvalue weighted by molar-refractivity contribution is -0.0115. The molecule has 3 N–H and O–H groups in total. The molecule has 32 heavy (non-hydrogen) atoms. The number of urea groups is 1. The lowest BCUT2D eigenvalue weighted by atomic mass is 9.76. The van der Waals surface area contributed by atoms with Crippen molar-refractivity contribution in [2.24, 2.45) is 5.92 Å². The van der Waals surface area contributed by atoms with Crippen LogP contribution in [0.3, 0.4) is 0 Å². The van der Waals surface area contributed by atoms with Crippen LogP contribution in [-0.2, 0) is 41.3 Å². The summed E-state index contributed by atoms with van der Waals surface area (Å²) in [5, 5.41) is 13.5. The minimum Gasteiger partial charge on any atom is -0.447 e. The van der Waals surface area contributed by atoms with Crippen LogP contribution in [0.1, 0.15) is 78.5 Å². The molecule has 0 aliphatic heterocycles.